The van der Waals surface area contributed by atoms with E-state index in [1.807, 2.05) is 0 Å². The van der Waals surface area contributed by atoms with Gasteiger partial charge in [-0.25, -0.2) is 14.4 Å². The molecule has 4 rings (SSSR count). The summed E-state index contributed by atoms with van der Waals surface area (Å²) in [5.74, 6) is -0.844. The van der Waals surface area contributed by atoms with Gasteiger partial charge in [0.1, 0.15) is 18.7 Å². The highest BCUT2D eigenvalue weighted by Crippen LogP contribution is 2.42. The average Bonchev–Trinajstić information content (AvgIpc) is 3.42. The fourth-order valence-corrected chi connectivity index (χ4v) is 4.54. The number of aromatic nitrogens is 2. The van der Waals surface area contributed by atoms with Crippen LogP contribution in [0.3, 0.4) is 0 Å². The summed E-state index contributed by atoms with van der Waals surface area (Å²) in [6.07, 6.45) is 5.19. The van der Waals surface area contributed by atoms with Gasteiger partial charge < -0.3 is 20.7 Å². The Morgan fingerprint density at radius 3 is 2.85 bits per heavy atom. The molecular formula is C23H29FN6O3. The number of halogens is 1. The molecule has 0 radical (unpaired) electrons. The van der Waals surface area contributed by atoms with Gasteiger partial charge in [-0.1, -0.05) is 13.8 Å². The molecular weight excluding hydrogens is 427 g/mol. The van der Waals surface area contributed by atoms with Crippen LogP contribution in [0, 0.1) is 17.2 Å². The number of hydrogen-bond acceptors (Lipinski definition) is 7. The van der Waals surface area contributed by atoms with Gasteiger partial charge in [0.25, 0.3) is 0 Å². The summed E-state index contributed by atoms with van der Waals surface area (Å²) in [6, 6.07) is 3.83. The number of ether oxygens (including phenoxy) is 1. The van der Waals surface area contributed by atoms with Gasteiger partial charge in [0.05, 0.1) is 11.9 Å². The Kier molecular flexibility index (Phi) is 6.46. The van der Waals surface area contributed by atoms with Crippen LogP contribution in [0.15, 0.2) is 30.7 Å². The predicted molar refractivity (Wildman–Crippen MR) is 122 cm³/mol. The molecule has 2 fully saturated rings. The third kappa shape index (κ3) is 4.90. The van der Waals surface area contributed by atoms with Crippen molar-refractivity contribution in [2.45, 2.75) is 26.7 Å². The summed E-state index contributed by atoms with van der Waals surface area (Å²) in [5.41, 5.74) is 5.73. The van der Waals surface area contributed by atoms with E-state index >= 15 is 0 Å². The smallest absolute Gasteiger partial charge is 0.237 e. The van der Waals surface area contributed by atoms with Crippen molar-refractivity contribution in [3.63, 3.8) is 0 Å². The highest BCUT2D eigenvalue weighted by Gasteiger charge is 2.41. The summed E-state index contributed by atoms with van der Waals surface area (Å²) in [4.78, 5) is 36.4. The van der Waals surface area contributed by atoms with E-state index in [2.05, 4.69) is 20.2 Å². The number of nitrogens with one attached hydrogen (secondary N) is 1. The van der Waals surface area contributed by atoms with E-state index in [0.717, 1.165) is 50.0 Å². The van der Waals surface area contributed by atoms with Crippen molar-refractivity contribution in [2.24, 2.45) is 17.1 Å². The first kappa shape index (κ1) is 22.9. The third-order valence-corrected chi connectivity index (χ3v) is 6.23. The molecule has 1 atom stereocenters. The van der Waals surface area contributed by atoms with Gasteiger partial charge in [0.2, 0.25) is 11.8 Å². The molecule has 0 aliphatic carbocycles. The lowest BCUT2D eigenvalue weighted by atomic mass is 9.87. The van der Waals surface area contributed by atoms with E-state index in [0.29, 0.717) is 11.6 Å². The average molecular weight is 457 g/mol. The second kappa shape index (κ2) is 9.30. The van der Waals surface area contributed by atoms with Gasteiger partial charge in [0.15, 0.2) is 17.3 Å². The van der Waals surface area contributed by atoms with Crippen LogP contribution >= 0.6 is 0 Å². The van der Waals surface area contributed by atoms with Crippen LogP contribution in [-0.4, -0.2) is 54.5 Å². The number of nitrogens with two attached hydrogens (primary N) is 1. The number of anilines is 2. The maximum atomic E-state index is 14.2. The number of rotatable bonds is 7. The van der Waals surface area contributed by atoms with Crippen LogP contribution in [0.2, 0.25) is 0 Å². The minimum absolute atomic E-state index is 0.125. The minimum atomic E-state index is -0.713. The largest absolute Gasteiger partial charge is 0.450 e. The molecule has 3 N–H and O–H groups in total. The molecule has 1 aromatic carbocycles. The van der Waals surface area contributed by atoms with Gasteiger partial charge in [0, 0.05) is 37.0 Å². The maximum Gasteiger partial charge on any atom is 0.237 e. The summed E-state index contributed by atoms with van der Waals surface area (Å²) in [5, 5.41) is 3.44. The molecule has 3 heterocycles. The van der Waals surface area contributed by atoms with E-state index in [1.54, 1.807) is 20.0 Å². The van der Waals surface area contributed by atoms with Crippen molar-refractivity contribution in [3.05, 3.63) is 36.5 Å². The van der Waals surface area contributed by atoms with Crippen LogP contribution in [0.1, 0.15) is 26.7 Å². The van der Waals surface area contributed by atoms with Crippen LogP contribution in [0.4, 0.5) is 15.9 Å². The van der Waals surface area contributed by atoms with Crippen LogP contribution in [-0.2, 0) is 9.59 Å². The number of carbonyl (C=O) groups excluding carboxylic acids is 2. The number of carbonyl (C=O) groups is 2. The summed E-state index contributed by atoms with van der Waals surface area (Å²) >= 11 is 0. The summed E-state index contributed by atoms with van der Waals surface area (Å²) in [7, 11) is 0. The van der Waals surface area contributed by atoms with E-state index in [9.17, 15) is 14.0 Å². The molecule has 0 bridgehead atoms. The van der Waals surface area contributed by atoms with Gasteiger partial charge in [-0.2, -0.15) is 0 Å². The van der Waals surface area contributed by atoms with Gasteiger partial charge in [-0.05, 0) is 31.5 Å². The number of amides is 2. The molecule has 2 saturated heterocycles. The molecule has 2 aromatic rings. The van der Waals surface area contributed by atoms with Gasteiger partial charge >= 0.3 is 0 Å². The molecule has 10 heteroatoms. The fraction of sp³-hybridized carbons (Fsp3) is 0.478. The number of hydrogen-bond donors (Lipinski definition) is 2. The lowest BCUT2D eigenvalue weighted by molar-refractivity contribution is -0.124. The minimum Gasteiger partial charge on any atom is -0.450 e. The number of benzene rings is 1. The molecule has 0 saturated carbocycles. The molecule has 2 aliphatic heterocycles. The zero-order valence-electron chi connectivity index (χ0n) is 18.9. The first-order valence-corrected chi connectivity index (χ1v) is 11.1. The standard InChI is InChI=1S/C23H29FN6O3/c1-15(2)22(32)30(11-20(25)31)17-9-16(24)3-4-18(17)33-19-10-27-14-28-21(19)29-8-6-23(13-29)5-7-26-12-23/h3-4,9-10,14-15,26H,5-8,11-13H2,1-2H3,(H2,25,31). The zero-order chi connectivity index (χ0) is 23.6. The number of nitrogens with zero attached hydrogens (tertiary/aromatic N) is 4. The molecule has 33 heavy (non-hydrogen) atoms. The Labute approximate surface area is 192 Å². The van der Waals surface area contributed by atoms with E-state index in [1.165, 1.54) is 18.5 Å². The molecule has 9 nitrogen and oxygen atoms in total. The Bertz CT molecular complexity index is 1040. The molecule has 2 aliphatic rings. The Hall–Kier alpha value is -3.27. The van der Waals surface area contributed by atoms with Gasteiger partial charge in [-0.3, -0.25) is 14.5 Å². The second-order valence-corrected chi connectivity index (χ2v) is 9.07. The van der Waals surface area contributed by atoms with E-state index in [4.69, 9.17) is 10.5 Å². The maximum absolute atomic E-state index is 14.2. The Balaban J connectivity index is 1.67. The van der Waals surface area contributed by atoms with E-state index in [-0.39, 0.29) is 22.8 Å². The lowest BCUT2D eigenvalue weighted by Gasteiger charge is -2.27. The number of primary amides is 1. The molecule has 1 aromatic heterocycles. The molecule has 1 spiro atoms. The van der Waals surface area contributed by atoms with Crippen LogP contribution in [0.25, 0.3) is 0 Å². The lowest BCUT2D eigenvalue weighted by Crippen LogP contribution is -2.41. The van der Waals surface area contributed by atoms with Crippen molar-refractivity contribution in [3.8, 4) is 11.5 Å². The third-order valence-electron chi connectivity index (χ3n) is 6.23. The molecule has 1 unspecified atom stereocenters. The highest BCUT2D eigenvalue weighted by atomic mass is 19.1. The van der Waals surface area contributed by atoms with Gasteiger partial charge in [-0.15, -0.1) is 0 Å². The SMILES string of the molecule is CC(C)C(=O)N(CC(N)=O)c1cc(F)ccc1Oc1cncnc1N1CCC2(CCNC2)C1. The Morgan fingerprint density at radius 1 is 1.33 bits per heavy atom. The van der Waals surface area contributed by atoms with Crippen molar-refractivity contribution in [2.75, 3.05) is 42.5 Å². The van der Waals surface area contributed by atoms with Crippen molar-refractivity contribution < 1.29 is 18.7 Å². The van der Waals surface area contributed by atoms with Crippen LogP contribution in [0.5, 0.6) is 11.5 Å². The zero-order valence-corrected chi connectivity index (χ0v) is 18.9. The first-order valence-electron chi connectivity index (χ1n) is 11.1. The molecule has 2 amide bonds. The summed E-state index contributed by atoms with van der Waals surface area (Å²) < 4.78 is 20.4. The topological polar surface area (TPSA) is 114 Å². The normalized spacial score (nSPS) is 19.9. The van der Waals surface area contributed by atoms with Crippen molar-refractivity contribution >= 4 is 23.3 Å². The van der Waals surface area contributed by atoms with E-state index < -0.39 is 24.2 Å². The quantitative estimate of drug-likeness (QED) is 0.656. The Morgan fingerprint density at radius 2 is 2.15 bits per heavy atom. The fourth-order valence-electron chi connectivity index (χ4n) is 4.54. The molecule has 176 valence electrons. The first-order chi connectivity index (χ1) is 15.8. The second-order valence-electron chi connectivity index (χ2n) is 9.07. The van der Waals surface area contributed by atoms with Crippen LogP contribution < -0.4 is 25.6 Å². The van der Waals surface area contributed by atoms with Crippen molar-refractivity contribution in [1.82, 2.24) is 15.3 Å². The highest BCUT2D eigenvalue weighted by molar-refractivity contribution is 6.00. The summed E-state index contributed by atoms with van der Waals surface area (Å²) in [6.45, 7) is 6.68. The van der Waals surface area contributed by atoms with Crippen molar-refractivity contribution in [1.29, 1.82) is 0 Å². The monoisotopic (exact) mass is 456 g/mol. The predicted octanol–water partition coefficient (Wildman–Crippen LogP) is 2.07.